The maximum Gasteiger partial charge on any atom is 0.222 e. The molecule has 2 atom stereocenters. The van der Waals surface area contributed by atoms with Crippen LogP contribution in [0, 0.1) is 11.3 Å². The van der Waals surface area contributed by atoms with Crippen LogP contribution >= 0.6 is 11.6 Å². The summed E-state index contributed by atoms with van der Waals surface area (Å²) in [5, 5.41) is 13.3. The highest BCUT2D eigenvalue weighted by Crippen LogP contribution is 2.38. The quantitative estimate of drug-likeness (QED) is 0.876. The molecule has 2 aromatic rings. The van der Waals surface area contributed by atoms with E-state index in [0.29, 0.717) is 5.69 Å². The van der Waals surface area contributed by atoms with Gasteiger partial charge >= 0.3 is 0 Å². The standard InChI is InChI=1S/C16H16ClN5/c1-2-9-22-14-6-4-3-5-13(14)20-15(22)11(10-18)12-7-8-19-16(17)21-12/h3-8,11,15,20H,2,9H2,1H3. The third-order valence-electron chi connectivity index (χ3n) is 3.74. The van der Waals surface area contributed by atoms with Crippen molar-refractivity contribution in [3.63, 3.8) is 0 Å². The molecule has 0 amide bonds. The number of hydrogen-bond acceptors (Lipinski definition) is 5. The zero-order chi connectivity index (χ0) is 15.5. The topological polar surface area (TPSA) is 64.8 Å². The Morgan fingerprint density at radius 2 is 2.23 bits per heavy atom. The fourth-order valence-corrected chi connectivity index (χ4v) is 2.97. The number of para-hydroxylation sites is 2. The molecule has 6 heteroatoms. The molecule has 0 radical (unpaired) electrons. The second-order valence-corrected chi connectivity index (χ2v) is 5.50. The van der Waals surface area contributed by atoms with Gasteiger partial charge in [0.1, 0.15) is 12.1 Å². The molecule has 0 fully saturated rings. The van der Waals surface area contributed by atoms with E-state index in [1.165, 1.54) is 0 Å². The van der Waals surface area contributed by atoms with Crippen molar-refractivity contribution in [3.8, 4) is 6.07 Å². The number of halogens is 1. The highest BCUT2D eigenvalue weighted by molar-refractivity contribution is 6.28. The molecular formula is C16H16ClN5. The molecule has 22 heavy (non-hydrogen) atoms. The third kappa shape index (κ3) is 2.58. The molecule has 112 valence electrons. The molecule has 1 N–H and O–H groups in total. The number of anilines is 2. The average molecular weight is 314 g/mol. The Balaban J connectivity index is 1.97. The lowest BCUT2D eigenvalue weighted by molar-refractivity contribution is 0.606. The van der Waals surface area contributed by atoms with Crippen LogP contribution in [0.25, 0.3) is 0 Å². The number of nitrogens with zero attached hydrogens (tertiary/aromatic N) is 4. The molecule has 0 spiro atoms. The fourth-order valence-electron chi connectivity index (χ4n) is 2.82. The Morgan fingerprint density at radius 1 is 1.41 bits per heavy atom. The first kappa shape index (κ1) is 14.6. The summed E-state index contributed by atoms with van der Waals surface area (Å²) in [5.74, 6) is -0.431. The van der Waals surface area contributed by atoms with Gasteiger partial charge in [-0.2, -0.15) is 5.26 Å². The molecule has 0 bridgehead atoms. The Morgan fingerprint density at radius 3 is 2.95 bits per heavy atom. The van der Waals surface area contributed by atoms with Crippen molar-refractivity contribution in [1.82, 2.24) is 9.97 Å². The minimum absolute atomic E-state index is 0.159. The second-order valence-electron chi connectivity index (χ2n) is 5.16. The van der Waals surface area contributed by atoms with E-state index in [-0.39, 0.29) is 11.4 Å². The van der Waals surface area contributed by atoms with Gasteiger partial charge in [-0.05, 0) is 36.2 Å². The molecule has 1 aromatic heterocycles. The smallest absolute Gasteiger partial charge is 0.222 e. The van der Waals surface area contributed by atoms with Crippen LogP contribution < -0.4 is 10.2 Å². The molecule has 2 heterocycles. The van der Waals surface area contributed by atoms with Gasteiger partial charge in [0.15, 0.2) is 0 Å². The Hall–Kier alpha value is -2.32. The van der Waals surface area contributed by atoms with E-state index in [1.54, 1.807) is 12.3 Å². The average Bonchev–Trinajstić information content (AvgIpc) is 2.88. The first-order valence-electron chi connectivity index (χ1n) is 7.25. The molecule has 3 rings (SSSR count). The first-order chi connectivity index (χ1) is 10.7. The summed E-state index contributed by atoms with van der Waals surface area (Å²) in [6.07, 6.45) is 2.42. The van der Waals surface area contributed by atoms with Crippen LogP contribution in [0.4, 0.5) is 11.4 Å². The van der Waals surface area contributed by atoms with Crippen LogP contribution in [0.2, 0.25) is 5.28 Å². The van der Waals surface area contributed by atoms with Crippen molar-refractivity contribution >= 4 is 23.0 Å². The lowest BCUT2D eigenvalue weighted by Gasteiger charge is -2.29. The van der Waals surface area contributed by atoms with Crippen molar-refractivity contribution in [3.05, 3.63) is 47.5 Å². The molecule has 0 saturated carbocycles. The van der Waals surface area contributed by atoms with Gasteiger partial charge in [-0.3, -0.25) is 0 Å². The monoisotopic (exact) mass is 313 g/mol. The van der Waals surface area contributed by atoms with E-state index in [4.69, 9.17) is 11.6 Å². The van der Waals surface area contributed by atoms with Crippen LogP contribution in [0.3, 0.4) is 0 Å². The highest BCUT2D eigenvalue weighted by Gasteiger charge is 2.35. The SMILES string of the molecule is CCCN1c2ccccc2NC1C(C#N)c1ccnc(Cl)n1. The van der Waals surface area contributed by atoms with Crippen LogP contribution in [0.15, 0.2) is 36.5 Å². The van der Waals surface area contributed by atoms with Crippen LogP contribution in [0.5, 0.6) is 0 Å². The molecular weight excluding hydrogens is 298 g/mol. The van der Waals surface area contributed by atoms with Crippen molar-refractivity contribution < 1.29 is 0 Å². The van der Waals surface area contributed by atoms with Crippen molar-refractivity contribution in [1.29, 1.82) is 5.26 Å². The summed E-state index contributed by atoms with van der Waals surface area (Å²) in [4.78, 5) is 10.3. The second kappa shape index (κ2) is 6.20. The third-order valence-corrected chi connectivity index (χ3v) is 3.92. The number of hydrogen-bond donors (Lipinski definition) is 1. The minimum Gasteiger partial charge on any atom is -0.362 e. The van der Waals surface area contributed by atoms with Gasteiger partial charge in [0.05, 0.1) is 23.1 Å². The zero-order valence-corrected chi connectivity index (χ0v) is 13.0. The van der Waals surface area contributed by atoms with Gasteiger partial charge in [-0.1, -0.05) is 19.1 Å². The summed E-state index contributed by atoms with van der Waals surface area (Å²) in [6.45, 7) is 2.99. The van der Waals surface area contributed by atoms with E-state index in [2.05, 4.69) is 39.2 Å². The zero-order valence-electron chi connectivity index (χ0n) is 12.2. The number of aromatic nitrogens is 2. The Bertz CT molecular complexity index is 712. The van der Waals surface area contributed by atoms with E-state index in [1.807, 2.05) is 18.2 Å². The lowest BCUT2D eigenvalue weighted by Crippen LogP contribution is -2.41. The fraction of sp³-hybridized carbons (Fsp3) is 0.312. The van der Waals surface area contributed by atoms with Gasteiger partial charge in [-0.25, -0.2) is 9.97 Å². The van der Waals surface area contributed by atoms with Crippen LogP contribution in [-0.2, 0) is 0 Å². The van der Waals surface area contributed by atoms with Gasteiger partial charge in [0.2, 0.25) is 5.28 Å². The predicted octanol–water partition coefficient (Wildman–Crippen LogP) is 3.41. The number of nitriles is 1. The van der Waals surface area contributed by atoms with E-state index >= 15 is 0 Å². The van der Waals surface area contributed by atoms with Crippen molar-refractivity contribution in [2.75, 3.05) is 16.8 Å². The van der Waals surface area contributed by atoms with Crippen LogP contribution in [-0.4, -0.2) is 22.7 Å². The Kier molecular flexibility index (Phi) is 4.12. The molecule has 0 saturated heterocycles. The maximum atomic E-state index is 9.68. The normalized spacial score (nSPS) is 17.5. The molecule has 1 aliphatic heterocycles. The minimum atomic E-state index is -0.431. The maximum absolute atomic E-state index is 9.68. The molecule has 2 unspecified atom stereocenters. The van der Waals surface area contributed by atoms with E-state index in [0.717, 1.165) is 24.3 Å². The van der Waals surface area contributed by atoms with Gasteiger partial charge in [0, 0.05) is 12.7 Å². The number of rotatable bonds is 4. The van der Waals surface area contributed by atoms with Gasteiger partial charge < -0.3 is 10.2 Å². The van der Waals surface area contributed by atoms with Gasteiger partial charge in [0.25, 0.3) is 0 Å². The van der Waals surface area contributed by atoms with Crippen molar-refractivity contribution in [2.45, 2.75) is 25.4 Å². The molecule has 1 aromatic carbocycles. The largest absolute Gasteiger partial charge is 0.362 e. The first-order valence-corrected chi connectivity index (χ1v) is 7.62. The van der Waals surface area contributed by atoms with E-state index < -0.39 is 5.92 Å². The van der Waals surface area contributed by atoms with E-state index in [9.17, 15) is 5.26 Å². The highest BCUT2D eigenvalue weighted by atomic mass is 35.5. The van der Waals surface area contributed by atoms with Crippen molar-refractivity contribution in [2.24, 2.45) is 0 Å². The summed E-state index contributed by atoms with van der Waals surface area (Å²) < 4.78 is 0. The summed E-state index contributed by atoms with van der Waals surface area (Å²) in [7, 11) is 0. The summed E-state index contributed by atoms with van der Waals surface area (Å²) in [6, 6.07) is 12.2. The van der Waals surface area contributed by atoms with Gasteiger partial charge in [-0.15, -0.1) is 0 Å². The number of nitrogens with one attached hydrogen (secondary N) is 1. The van der Waals surface area contributed by atoms with Crippen LogP contribution in [0.1, 0.15) is 25.0 Å². The molecule has 5 nitrogen and oxygen atoms in total. The molecule has 0 aliphatic carbocycles. The summed E-state index contributed by atoms with van der Waals surface area (Å²) in [5.41, 5.74) is 2.80. The predicted molar refractivity (Wildman–Crippen MR) is 86.9 cm³/mol. The number of fused-ring (bicyclic) bond motifs is 1. The lowest BCUT2D eigenvalue weighted by atomic mass is 10.0. The summed E-state index contributed by atoms with van der Waals surface area (Å²) >= 11 is 5.87. The Labute approximate surface area is 134 Å². The molecule has 1 aliphatic rings. The number of benzene rings is 1.